The zero-order valence-corrected chi connectivity index (χ0v) is 9.76. The van der Waals surface area contributed by atoms with E-state index in [4.69, 9.17) is 5.11 Å². The van der Waals surface area contributed by atoms with Gasteiger partial charge in [0.2, 0.25) is 0 Å². The van der Waals surface area contributed by atoms with Crippen LogP contribution < -0.4 is 0 Å². The van der Waals surface area contributed by atoms with Crippen LogP contribution in [0.25, 0.3) is 0 Å². The number of aliphatic hydroxyl groups excluding tert-OH is 2. The third kappa shape index (κ3) is 6.53. The normalized spacial score (nSPS) is 14.9. The smallest absolute Gasteiger partial charge is 0.306 e. The fourth-order valence-electron chi connectivity index (χ4n) is 0.694. The molecule has 4 nitrogen and oxygen atoms in total. The van der Waals surface area contributed by atoms with Gasteiger partial charge in [0.1, 0.15) is 0 Å². The third-order valence-corrected chi connectivity index (χ3v) is 3.04. The van der Waals surface area contributed by atoms with Gasteiger partial charge in [0.05, 0.1) is 25.7 Å². The van der Waals surface area contributed by atoms with Crippen molar-refractivity contribution in [3.8, 4) is 0 Å². The maximum Gasteiger partial charge on any atom is 0.306 e. The summed E-state index contributed by atoms with van der Waals surface area (Å²) in [5.41, 5.74) is 0. The van der Waals surface area contributed by atoms with Crippen molar-refractivity contribution >= 4 is 30.4 Å². The minimum atomic E-state index is -0.802. The second kappa shape index (κ2) is 8.40. The Labute approximate surface area is 93.4 Å². The van der Waals surface area contributed by atoms with Crippen molar-refractivity contribution in [2.75, 3.05) is 24.4 Å². The molecule has 2 atom stereocenters. The Balaban J connectivity index is 3.40. The van der Waals surface area contributed by atoms with E-state index < -0.39 is 12.2 Å². The number of carbonyl (C=O) groups is 1. The molecule has 0 aliphatic heterocycles. The minimum absolute atomic E-state index is 0.235. The Bertz CT molecular complexity index is 165. The molecule has 0 bridgehead atoms. The van der Waals surface area contributed by atoms with Crippen LogP contribution >= 0.6 is 24.4 Å². The van der Waals surface area contributed by atoms with E-state index in [2.05, 4.69) is 17.4 Å². The van der Waals surface area contributed by atoms with Crippen LogP contribution in [0.5, 0.6) is 0 Å². The lowest BCUT2D eigenvalue weighted by molar-refractivity contribution is -0.140. The van der Waals surface area contributed by atoms with Gasteiger partial charge < -0.3 is 14.9 Å². The van der Waals surface area contributed by atoms with Gasteiger partial charge in [-0.15, -0.1) is 0 Å². The number of methoxy groups -OCH3 is 1. The van der Waals surface area contributed by atoms with Gasteiger partial charge in [-0.3, -0.25) is 4.79 Å². The quantitative estimate of drug-likeness (QED) is 0.330. The fourth-order valence-corrected chi connectivity index (χ4v) is 1.88. The van der Waals surface area contributed by atoms with Crippen LogP contribution in [-0.4, -0.2) is 52.8 Å². The molecule has 84 valence electrons. The number of rotatable bonds is 7. The van der Waals surface area contributed by atoms with Crippen molar-refractivity contribution in [3.05, 3.63) is 0 Å². The molecule has 0 aliphatic carbocycles. The van der Waals surface area contributed by atoms with Crippen LogP contribution in [0, 0.1) is 0 Å². The first-order valence-electron chi connectivity index (χ1n) is 4.23. The van der Waals surface area contributed by atoms with Crippen molar-refractivity contribution in [2.45, 2.75) is 18.6 Å². The van der Waals surface area contributed by atoms with E-state index in [0.29, 0.717) is 17.9 Å². The van der Waals surface area contributed by atoms with Gasteiger partial charge in [-0.1, -0.05) is 0 Å². The SMILES string of the molecule is COC(=O)CCSCC(O)C(O)CS. The molecule has 14 heavy (non-hydrogen) atoms. The molecule has 0 aliphatic rings. The summed E-state index contributed by atoms with van der Waals surface area (Å²) in [6.45, 7) is 0. The number of hydrogen-bond acceptors (Lipinski definition) is 6. The Morgan fingerprint density at radius 2 is 2.14 bits per heavy atom. The van der Waals surface area contributed by atoms with Crippen molar-refractivity contribution in [2.24, 2.45) is 0 Å². The second-order valence-electron chi connectivity index (χ2n) is 2.72. The van der Waals surface area contributed by atoms with E-state index in [1.807, 2.05) is 0 Å². The van der Waals surface area contributed by atoms with E-state index >= 15 is 0 Å². The van der Waals surface area contributed by atoms with E-state index in [0.717, 1.165) is 0 Å². The first-order valence-corrected chi connectivity index (χ1v) is 6.02. The van der Waals surface area contributed by atoms with Gasteiger partial charge >= 0.3 is 5.97 Å². The van der Waals surface area contributed by atoms with Crippen molar-refractivity contribution in [3.63, 3.8) is 0 Å². The van der Waals surface area contributed by atoms with Gasteiger partial charge in [0.25, 0.3) is 0 Å². The molecule has 0 amide bonds. The van der Waals surface area contributed by atoms with Gasteiger partial charge in [0, 0.05) is 17.3 Å². The highest BCUT2D eigenvalue weighted by atomic mass is 32.2. The summed E-state index contributed by atoms with van der Waals surface area (Å²) >= 11 is 5.26. The molecule has 0 saturated carbocycles. The summed E-state index contributed by atoms with van der Waals surface area (Å²) in [7, 11) is 1.34. The first kappa shape index (κ1) is 14.1. The predicted octanol–water partition coefficient (Wildman–Crippen LogP) is -0.0657. The van der Waals surface area contributed by atoms with Gasteiger partial charge in [-0.2, -0.15) is 24.4 Å². The van der Waals surface area contributed by atoms with E-state index in [1.165, 1.54) is 18.9 Å². The predicted molar refractivity (Wildman–Crippen MR) is 59.8 cm³/mol. The molecular weight excluding hydrogens is 224 g/mol. The highest BCUT2D eigenvalue weighted by Crippen LogP contribution is 2.08. The Morgan fingerprint density at radius 1 is 1.50 bits per heavy atom. The molecule has 2 N–H and O–H groups in total. The molecule has 0 fully saturated rings. The summed E-state index contributed by atoms with van der Waals surface area (Å²) < 4.78 is 4.45. The molecule has 0 aromatic heterocycles. The summed E-state index contributed by atoms with van der Waals surface area (Å²) in [6.07, 6.45) is -1.26. The first-order chi connectivity index (χ1) is 6.61. The number of thioether (sulfide) groups is 1. The molecule has 2 unspecified atom stereocenters. The van der Waals surface area contributed by atoms with Gasteiger partial charge in [0.15, 0.2) is 0 Å². The average molecular weight is 240 g/mol. The minimum Gasteiger partial charge on any atom is -0.469 e. The summed E-state index contributed by atoms with van der Waals surface area (Å²) in [4.78, 5) is 10.7. The molecule has 0 saturated heterocycles. The molecule has 0 spiro atoms. The van der Waals surface area contributed by atoms with Crippen LogP contribution in [0.3, 0.4) is 0 Å². The van der Waals surface area contributed by atoms with Crippen LogP contribution in [0.1, 0.15) is 6.42 Å². The van der Waals surface area contributed by atoms with Gasteiger partial charge in [-0.25, -0.2) is 0 Å². The van der Waals surface area contributed by atoms with Crippen molar-refractivity contribution < 1.29 is 19.7 Å². The van der Waals surface area contributed by atoms with Crippen LogP contribution in [0.4, 0.5) is 0 Å². The Morgan fingerprint density at radius 3 is 2.64 bits per heavy atom. The largest absolute Gasteiger partial charge is 0.469 e. The monoisotopic (exact) mass is 240 g/mol. The standard InChI is InChI=1S/C8H16O4S2/c1-12-8(11)2-3-14-5-7(10)6(9)4-13/h6-7,9-10,13H,2-5H2,1H3. The lowest BCUT2D eigenvalue weighted by atomic mass is 10.3. The zero-order chi connectivity index (χ0) is 11.0. The van der Waals surface area contributed by atoms with E-state index in [9.17, 15) is 9.90 Å². The highest BCUT2D eigenvalue weighted by Gasteiger charge is 2.14. The molecule has 0 aromatic carbocycles. The Kier molecular flexibility index (Phi) is 8.46. The maximum atomic E-state index is 10.7. The van der Waals surface area contributed by atoms with E-state index in [-0.39, 0.29) is 11.7 Å². The Hall–Kier alpha value is 0.0900. The van der Waals surface area contributed by atoms with Crippen LogP contribution in [0.2, 0.25) is 0 Å². The lowest BCUT2D eigenvalue weighted by Crippen LogP contribution is -2.29. The summed E-state index contributed by atoms with van der Waals surface area (Å²) in [5.74, 6) is 0.960. The number of carbonyl (C=O) groups excluding carboxylic acids is 1. The molecule has 0 rings (SSSR count). The molecule has 0 aromatic rings. The molecule has 6 heteroatoms. The number of hydrogen-bond donors (Lipinski definition) is 3. The van der Waals surface area contributed by atoms with Crippen LogP contribution in [-0.2, 0) is 9.53 Å². The molecule has 0 radical (unpaired) electrons. The lowest BCUT2D eigenvalue weighted by Gasteiger charge is -2.14. The number of aliphatic hydroxyl groups is 2. The third-order valence-electron chi connectivity index (χ3n) is 1.60. The number of ether oxygens (including phenoxy) is 1. The van der Waals surface area contributed by atoms with Crippen molar-refractivity contribution in [1.82, 2.24) is 0 Å². The number of esters is 1. The van der Waals surface area contributed by atoms with Gasteiger partial charge in [-0.05, 0) is 0 Å². The second-order valence-corrected chi connectivity index (χ2v) is 4.23. The molecular formula is C8H16O4S2. The zero-order valence-electron chi connectivity index (χ0n) is 8.05. The highest BCUT2D eigenvalue weighted by molar-refractivity contribution is 7.99. The molecule has 0 heterocycles. The topological polar surface area (TPSA) is 66.8 Å². The van der Waals surface area contributed by atoms with Crippen molar-refractivity contribution in [1.29, 1.82) is 0 Å². The summed E-state index contributed by atoms with van der Waals surface area (Å²) in [6, 6.07) is 0. The number of thiol groups is 1. The fraction of sp³-hybridized carbons (Fsp3) is 0.875. The van der Waals surface area contributed by atoms with Crippen LogP contribution in [0.15, 0.2) is 0 Å². The average Bonchev–Trinajstić information content (AvgIpc) is 2.22. The maximum absolute atomic E-state index is 10.7. The summed E-state index contributed by atoms with van der Waals surface area (Å²) in [5, 5.41) is 18.5. The van der Waals surface area contributed by atoms with E-state index in [1.54, 1.807) is 0 Å².